The zero-order chi connectivity index (χ0) is 13.7. The zero-order valence-electron chi connectivity index (χ0n) is 11.0. The van der Waals surface area contributed by atoms with Crippen molar-refractivity contribution in [3.05, 3.63) is 30.0 Å². The number of carbonyl (C=O) groups is 1. The fourth-order valence-electron chi connectivity index (χ4n) is 1.55. The van der Waals surface area contributed by atoms with Gasteiger partial charge >= 0.3 is 5.97 Å². The topological polar surface area (TPSA) is 54.0 Å². The Bertz CT molecular complexity index is 493. The molecule has 5 nitrogen and oxygen atoms in total. The lowest BCUT2D eigenvalue weighted by atomic mass is 10.3. The van der Waals surface area contributed by atoms with Crippen LogP contribution in [0, 0.1) is 0 Å². The molecule has 0 saturated carbocycles. The van der Waals surface area contributed by atoms with E-state index < -0.39 is 0 Å². The molecule has 0 bridgehead atoms. The highest BCUT2D eigenvalue weighted by Crippen LogP contribution is 2.33. The summed E-state index contributed by atoms with van der Waals surface area (Å²) in [5, 5.41) is 0. The van der Waals surface area contributed by atoms with Gasteiger partial charge in [0.2, 0.25) is 0 Å². The van der Waals surface area contributed by atoms with Gasteiger partial charge in [-0.15, -0.1) is 0 Å². The third-order valence-electron chi connectivity index (χ3n) is 2.48. The maximum atomic E-state index is 11.4. The van der Waals surface area contributed by atoms with Crippen molar-refractivity contribution in [3.63, 3.8) is 0 Å². The first-order valence-electron chi connectivity index (χ1n) is 6.11. The lowest BCUT2D eigenvalue weighted by molar-refractivity contribution is -0.138. The van der Waals surface area contributed by atoms with Crippen LogP contribution in [0.3, 0.4) is 0 Å². The Balaban J connectivity index is 2.03. The number of fused-ring (bicyclic) bond motifs is 1. The SMILES string of the molecule is CCOC(=O)/C(C)=C/Oc1ccc2c(c1)OCCO2. The maximum absolute atomic E-state index is 11.4. The molecule has 102 valence electrons. The van der Waals surface area contributed by atoms with E-state index in [2.05, 4.69) is 0 Å². The van der Waals surface area contributed by atoms with Gasteiger partial charge in [0.05, 0.1) is 12.2 Å². The number of hydrogen-bond donors (Lipinski definition) is 0. The van der Waals surface area contributed by atoms with E-state index in [9.17, 15) is 4.79 Å². The van der Waals surface area contributed by atoms with Crippen LogP contribution in [0.5, 0.6) is 17.2 Å². The van der Waals surface area contributed by atoms with Crippen molar-refractivity contribution < 1.29 is 23.7 Å². The monoisotopic (exact) mass is 264 g/mol. The van der Waals surface area contributed by atoms with Crippen LogP contribution in [0.15, 0.2) is 30.0 Å². The van der Waals surface area contributed by atoms with Gasteiger partial charge in [0.15, 0.2) is 11.5 Å². The Morgan fingerprint density at radius 2 is 2.05 bits per heavy atom. The zero-order valence-corrected chi connectivity index (χ0v) is 11.0. The van der Waals surface area contributed by atoms with Crippen molar-refractivity contribution in [3.8, 4) is 17.2 Å². The van der Waals surface area contributed by atoms with Crippen LogP contribution in [-0.4, -0.2) is 25.8 Å². The minimum Gasteiger partial charge on any atom is -0.486 e. The van der Waals surface area contributed by atoms with E-state index in [1.165, 1.54) is 6.26 Å². The number of carbonyl (C=O) groups excluding carboxylic acids is 1. The lowest BCUT2D eigenvalue weighted by Crippen LogP contribution is -2.15. The summed E-state index contributed by atoms with van der Waals surface area (Å²) in [5.41, 5.74) is 0.400. The lowest BCUT2D eigenvalue weighted by Gasteiger charge is -2.18. The van der Waals surface area contributed by atoms with Gasteiger partial charge in [0, 0.05) is 6.07 Å². The van der Waals surface area contributed by atoms with Gasteiger partial charge in [0.1, 0.15) is 25.2 Å². The maximum Gasteiger partial charge on any atom is 0.336 e. The van der Waals surface area contributed by atoms with Crippen LogP contribution in [0.25, 0.3) is 0 Å². The number of rotatable bonds is 4. The Hall–Kier alpha value is -2.17. The second kappa shape index (κ2) is 6.13. The first kappa shape index (κ1) is 13.3. The van der Waals surface area contributed by atoms with E-state index in [0.29, 0.717) is 42.6 Å². The third-order valence-corrected chi connectivity index (χ3v) is 2.48. The second-order valence-electron chi connectivity index (χ2n) is 3.94. The van der Waals surface area contributed by atoms with Crippen molar-refractivity contribution in [2.75, 3.05) is 19.8 Å². The summed E-state index contributed by atoms with van der Waals surface area (Å²) in [6.45, 7) is 4.81. The van der Waals surface area contributed by atoms with Crippen LogP contribution in [0.1, 0.15) is 13.8 Å². The molecular weight excluding hydrogens is 248 g/mol. The Morgan fingerprint density at radius 3 is 2.79 bits per heavy atom. The number of benzene rings is 1. The fourth-order valence-corrected chi connectivity index (χ4v) is 1.55. The molecule has 0 N–H and O–H groups in total. The summed E-state index contributed by atoms with van der Waals surface area (Å²) in [6, 6.07) is 5.25. The van der Waals surface area contributed by atoms with Gasteiger partial charge in [-0.25, -0.2) is 4.79 Å². The molecule has 0 spiro atoms. The van der Waals surface area contributed by atoms with Gasteiger partial charge < -0.3 is 18.9 Å². The summed E-state index contributed by atoms with van der Waals surface area (Å²) in [7, 11) is 0. The van der Waals surface area contributed by atoms with Gasteiger partial charge in [-0.3, -0.25) is 0 Å². The molecule has 0 fully saturated rings. The van der Waals surface area contributed by atoms with E-state index in [1.807, 2.05) is 0 Å². The summed E-state index contributed by atoms with van der Waals surface area (Å²) < 4.78 is 21.1. The van der Waals surface area contributed by atoms with Gasteiger partial charge in [-0.05, 0) is 26.0 Å². The minimum atomic E-state index is -0.389. The van der Waals surface area contributed by atoms with Crippen LogP contribution in [0.4, 0.5) is 0 Å². The smallest absolute Gasteiger partial charge is 0.336 e. The normalized spacial score (nSPS) is 13.9. The molecule has 1 aromatic rings. The fraction of sp³-hybridized carbons (Fsp3) is 0.357. The van der Waals surface area contributed by atoms with Crippen LogP contribution < -0.4 is 14.2 Å². The average Bonchev–Trinajstić information content (AvgIpc) is 2.44. The first-order valence-corrected chi connectivity index (χ1v) is 6.11. The molecule has 0 radical (unpaired) electrons. The summed E-state index contributed by atoms with van der Waals surface area (Å²) >= 11 is 0. The quantitative estimate of drug-likeness (QED) is 0.474. The van der Waals surface area contributed by atoms with Gasteiger partial charge in [0.25, 0.3) is 0 Å². The Labute approximate surface area is 111 Å². The number of hydrogen-bond acceptors (Lipinski definition) is 5. The molecule has 0 amide bonds. The van der Waals surface area contributed by atoms with E-state index >= 15 is 0 Å². The molecule has 19 heavy (non-hydrogen) atoms. The summed E-state index contributed by atoms with van der Waals surface area (Å²) in [4.78, 5) is 11.4. The van der Waals surface area contributed by atoms with Crippen LogP contribution >= 0.6 is 0 Å². The van der Waals surface area contributed by atoms with Crippen molar-refractivity contribution in [2.24, 2.45) is 0 Å². The Morgan fingerprint density at radius 1 is 1.32 bits per heavy atom. The molecule has 1 aromatic carbocycles. The highest BCUT2D eigenvalue weighted by atomic mass is 16.6. The first-order chi connectivity index (χ1) is 9.20. The van der Waals surface area contributed by atoms with Crippen molar-refractivity contribution >= 4 is 5.97 Å². The molecule has 1 heterocycles. The van der Waals surface area contributed by atoms with Crippen molar-refractivity contribution in [2.45, 2.75) is 13.8 Å². The average molecular weight is 264 g/mol. The summed E-state index contributed by atoms with van der Waals surface area (Å²) in [5.74, 6) is 1.53. The predicted molar refractivity (Wildman–Crippen MR) is 68.5 cm³/mol. The molecule has 0 saturated heterocycles. The molecule has 0 unspecified atom stereocenters. The van der Waals surface area contributed by atoms with Gasteiger partial charge in [-0.2, -0.15) is 0 Å². The second-order valence-corrected chi connectivity index (χ2v) is 3.94. The third kappa shape index (κ3) is 3.40. The highest BCUT2D eigenvalue weighted by Gasteiger charge is 2.12. The van der Waals surface area contributed by atoms with E-state index in [4.69, 9.17) is 18.9 Å². The molecule has 0 atom stereocenters. The molecule has 1 aliphatic heterocycles. The molecule has 0 aliphatic carbocycles. The van der Waals surface area contributed by atoms with E-state index in [-0.39, 0.29) is 5.97 Å². The standard InChI is InChI=1S/C14H16O5/c1-3-16-14(15)10(2)9-19-11-4-5-12-13(8-11)18-7-6-17-12/h4-5,8-9H,3,6-7H2,1-2H3/b10-9+. The highest BCUT2D eigenvalue weighted by molar-refractivity contribution is 5.87. The summed E-state index contributed by atoms with van der Waals surface area (Å²) in [6.07, 6.45) is 1.36. The van der Waals surface area contributed by atoms with Crippen LogP contribution in [-0.2, 0) is 9.53 Å². The minimum absolute atomic E-state index is 0.341. The van der Waals surface area contributed by atoms with Crippen molar-refractivity contribution in [1.82, 2.24) is 0 Å². The number of esters is 1. The van der Waals surface area contributed by atoms with E-state index in [0.717, 1.165) is 0 Å². The largest absolute Gasteiger partial charge is 0.486 e. The Kier molecular flexibility index (Phi) is 4.28. The predicted octanol–water partition coefficient (Wildman–Crippen LogP) is 2.30. The molecule has 5 heteroatoms. The van der Waals surface area contributed by atoms with Crippen LogP contribution in [0.2, 0.25) is 0 Å². The molecule has 0 aromatic heterocycles. The molecule has 2 rings (SSSR count). The molecule has 1 aliphatic rings. The van der Waals surface area contributed by atoms with E-state index in [1.54, 1.807) is 32.0 Å². The van der Waals surface area contributed by atoms with Gasteiger partial charge in [-0.1, -0.05) is 0 Å². The van der Waals surface area contributed by atoms with Crippen molar-refractivity contribution in [1.29, 1.82) is 0 Å². The molecular formula is C14H16O5. The number of ether oxygens (including phenoxy) is 4.